The predicted molar refractivity (Wildman–Crippen MR) is 119 cm³/mol. The van der Waals surface area contributed by atoms with Crippen molar-refractivity contribution in [3.05, 3.63) is 48.5 Å². The van der Waals surface area contributed by atoms with Crippen LogP contribution in [0.2, 0.25) is 0 Å². The van der Waals surface area contributed by atoms with Crippen molar-refractivity contribution < 1.29 is 19.1 Å². The number of anilines is 2. The SMILES string of the molecule is COc1ccccc1OCC(=O)Nc1cccc(NC(=O)[C@@H]2CCC[C@@H]2CN)c1.Cl. The number of nitrogens with one attached hydrogen (secondary N) is 2. The van der Waals surface area contributed by atoms with E-state index in [1.54, 1.807) is 43.5 Å². The molecule has 0 aliphatic heterocycles. The standard InChI is InChI=1S/C22H27N3O4.ClH/c1-28-19-10-2-3-11-20(19)29-14-21(26)24-16-7-5-8-17(12-16)25-22(27)18-9-4-6-15(18)13-23;/h2-3,5,7-8,10-12,15,18H,4,6,9,13-14,23H2,1H3,(H,24,26)(H,25,27);1H/t15-,18-;/m1./s1. The van der Waals surface area contributed by atoms with Crippen LogP contribution in [-0.4, -0.2) is 32.1 Å². The Morgan fingerprint density at radius 1 is 1.03 bits per heavy atom. The average Bonchev–Trinajstić information content (AvgIpc) is 3.22. The summed E-state index contributed by atoms with van der Waals surface area (Å²) in [6.45, 7) is 0.373. The fourth-order valence-electron chi connectivity index (χ4n) is 3.65. The lowest BCUT2D eigenvalue weighted by atomic mass is 9.95. The molecule has 0 heterocycles. The molecule has 0 bridgehead atoms. The molecule has 4 N–H and O–H groups in total. The maximum absolute atomic E-state index is 12.6. The van der Waals surface area contributed by atoms with Crippen molar-refractivity contribution in [2.24, 2.45) is 17.6 Å². The molecule has 2 amide bonds. The van der Waals surface area contributed by atoms with E-state index in [4.69, 9.17) is 15.2 Å². The number of halogens is 1. The summed E-state index contributed by atoms with van der Waals surface area (Å²) in [7, 11) is 1.55. The Hall–Kier alpha value is -2.77. The molecule has 7 nitrogen and oxygen atoms in total. The molecule has 1 aliphatic rings. The topological polar surface area (TPSA) is 103 Å². The molecule has 30 heavy (non-hydrogen) atoms. The molecule has 0 unspecified atom stereocenters. The third-order valence-corrected chi connectivity index (χ3v) is 5.14. The highest BCUT2D eigenvalue weighted by molar-refractivity contribution is 5.95. The van der Waals surface area contributed by atoms with Gasteiger partial charge in [-0.25, -0.2) is 0 Å². The van der Waals surface area contributed by atoms with Gasteiger partial charge in [-0.1, -0.05) is 24.6 Å². The lowest BCUT2D eigenvalue weighted by Gasteiger charge is -2.17. The van der Waals surface area contributed by atoms with Gasteiger partial charge in [0.15, 0.2) is 18.1 Å². The first-order valence-corrected chi connectivity index (χ1v) is 9.77. The van der Waals surface area contributed by atoms with Gasteiger partial charge in [-0.3, -0.25) is 9.59 Å². The van der Waals surface area contributed by atoms with Crippen LogP contribution in [0.1, 0.15) is 19.3 Å². The maximum atomic E-state index is 12.6. The van der Waals surface area contributed by atoms with Gasteiger partial charge in [0, 0.05) is 17.3 Å². The molecule has 0 spiro atoms. The number of hydrogen-bond donors (Lipinski definition) is 3. The van der Waals surface area contributed by atoms with E-state index in [1.807, 2.05) is 12.1 Å². The van der Waals surface area contributed by atoms with Gasteiger partial charge in [-0.2, -0.15) is 0 Å². The lowest BCUT2D eigenvalue weighted by molar-refractivity contribution is -0.120. The Morgan fingerprint density at radius 3 is 2.43 bits per heavy atom. The second kappa shape index (κ2) is 11.4. The van der Waals surface area contributed by atoms with Crippen LogP contribution in [0.4, 0.5) is 11.4 Å². The van der Waals surface area contributed by atoms with Gasteiger partial charge in [-0.05, 0) is 55.6 Å². The number of carbonyl (C=O) groups excluding carboxylic acids is 2. The van der Waals surface area contributed by atoms with Gasteiger partial charge in [0.25, 0.3) is 5.91 Å². The lowest BCUT2D eigenvalue weighted by Crippen LogP contribution is -2.29. The zero-order valence-corrected chi connectivity index (χ0v) is 17.7. The fraction of sp³-hybridized carbons (Fsp3) is 0.364. The Bertz CT molecular complexity index is 862. The largest absolute Gasteiger partial charge is 0.493 e. The number of amides is 2. The van der Waals surface area contributed by atoms with Crippen molar-refractivity contribution in [1.29, 1.82) is 0 Å². The third-order valence-electron chi connectivity index (χ3n) is 5.14. The highest BCUT2D eigenvalue weighted by atomic mass is 35.5. The van der Waals surface area contributed by atoms with Crippen molar-refractivity contribution in [3.8, 4) is 11.5 Å². The van der Waals surface area contributed by atoms with Gasteiger partial charge in [0.05, 0.1) is 7.11 Å². The molecule has 0 radical (unpaired) electrons. The predicted octanol–water partition coefficient (Wildman–Crippen LogP) is 3.45. The first kappa shape index (κ1) is 23.5. The molecule has 8 heteroatoms. The summed E-state index contributed by atoms with van der Waals surface area (Å²) in [6, 6.07) is 14.2. The minimum atomic E-state index is -0.307. The summed E-state index contributed by atoms with van der Waals surface area (Å²) in [5, 5.41) is 5.72. The van der Waals surface area contributed by atoms with E-state index in [-0.39, 0.29) is 42.7 Å². The molecule has 2 atom stereocenters. The summed E-state index contributed by atoms with van der Waals surface area (Å²) in [5.41, 5.74) is 7.00. The minimum absolute atomic E-state index is 0. The Labute approximate surface area is 182 Å². The van der Waals surface area contributed by atoms with Crippen molar-refractivity contribution >= 4 is 35.6 Å². The van der Waals surface area contributed by atoms with Crippen LogP contribution in [0, 0.1) is 11.8 Å². The van der Waals surface area contributed by atoms with Crippen LogP contribution < -0.4 is 25.8 Å². The van der Waals surface area contributed by atoms with Crippen LogP contribution >= 0.6 is 12.4 Å². The normalized spacial score (nSPS) is 17.5. The van der Waals surface area contributed by atoms with Gasteiger partial charge < -0.3 is 25.8 Å². The van der Waals surface area contributed by atoms with Crippen LogP contribution in [0.25, 0.3) is 0 Å². The summed E-state index contributed by atoms with van der Waals surface area (Å²) in [5.74, 6) is 0.932. The molecule has 1 fully saturated rings. The van der Waals surface area contributed by atoms with E-state index in [0.29, 0.717) is 29.4 Å². The number of para-hydroxylation sites is 2. The smallest absolute Gasteiger partial charge is 0.262 e. The zero-order chi connectivity index (χ0) is 20.6. The monoisotopic (exact) mass is 433 g/mol. The van der Waals surface area contributed by atoms with Gasteiger partial charge in [0.2, 0.25) is 5.91 Å². The second-order valence-electron chi connectivity index (χ2n) is 7.09. The molecular weight excluding hydrogens is 406 g/mol. The summed E-state index contributed by atoms with van der Waals surface area (Å²) >= 11 is 0. The van der Waals surface area contributed by atoms with Crippen molar-refractivity contribution in [1.82, 2.24) is 0 Å². The average molecular weight is 434 g/mol. The molecule has 2 aromatic carbocycles. The molecule has 1 saturated carbocycles. The van der Waals surface area contributed by atoms with E-state index in [9.17, 15) is 9.59 Å². The third kappa shape index (κ3) is 6.11. The van der Waals surface area contributed by atoms with Gasteiger partial charge in [0.1, 0.15) is 0 Å². The maximum Gasteiger partial charge on any atom is 0.262 e. The van der Waals surface area contributed by atoms with Crippen LogP contribution in [0.5, 0.6) is 11.5 Å². The number of methoxy groups -OCH3 is 1. The van der Waals surface area contributed by atoms with E-state index in [1.165, 1.54) is 0 Å². The number of rotatable bonds is 8. The number of ether oxygens (including phenoxy) is 2. The number of carbonyl (C=O) groups is 2. The number of hydrogen-bond acceptors (Lipinski definition) is 5. The summed E-state index contributed by atoms with van der Waals surface area (Å²) < 4.78 is 10.7. The van der Waals surface area contributed by atoms with E-state index >= 15 is 0 Å². The second-order valence-corrected chi connectivity index (χ2v) is 7.09. The first-order valence-electron chi connectivity index (χ1n) is 9.77. The Balaban J connectivity index is 0.00000320. The van der Waals surface area contributed by atoms with E-state index < -0.39 is 0 Å². The molecule has 0 saturated heterocycles. The number of nitrogens with two attached hydrogens (primary N) is 1. The van der Waals surface area contributed by atoms with Crippen molar-refractivity contribution in [2.75, 3.05) is 30.9 Å². The molecule has 0 aromatic heterocycles. The van der Waals surface area contributed by atoms with Gasteiger partial charge in [-0.15, -0.1) is 12.4 Å². The summed E-state index contributed by atoms with van der Waals surface area (Å²) in [6.07, 6.45) is 2.89. The van der Waals surface area contributed by atoms with Crippen LogP contribution in [0.15, 0.2) is 48.5 Å². The van der Waals surface area contributed by atoms with Crippen LogP contribution in [0.3, 0.4) is 0 Å². The molecule has 3 rings (SSSR count). The Morgan fingerprint density at radius 2 is 1.73 bits per heavy atom. The number of benzene rings is 2. The fourth-order valence-corrected chi connectivity index (χ4v) is 3.65. The highest BCUT2D eigenvalue weighted by Gasteiger charge is 2.31. The Kier molecular flexibility index (Phi) is 8.95. The van der Waals surface area contributed by atoms with E-state index in [2.05, 4.69) is 10.6 Å². The summed E-state index contributed by atoms with van der Waals surface area (Å²) in [4.78, 5) is 24.8. The highest BCUT2D eigenvalue weighted by Crippen LogP contribution is 2.32. The minimum Gasteiger partial charge on any atom is -0.493 e. The zero-order valence-electron chi connectivity index (χ0n) is 16.9. The molecule has 162 valence electrons. The van der Waals surface area contributed by atoms with Crippen molar-refractivity contribution in [2.45, 2.75) is 19.3 Å². The molecular formula is C22H28ClN3O4. The molecule has 2 aromatic rings. The van der Waals surface area contributed by atoms with Crippen LogP contribution in [-0.2, 0) is 9.59 Å². The van der Waals surface area contributed by atoms with Gasteiger partial charge >= 0.3 is 0 Å². The van der Waals surface area contributed by atoms with E-state index in [0.717, 1.165) is 19.3 Å². The molecule has 1 aliphatic carbocycles. The quantitative estimate of drug-likeness (QED) is 0.591. The van der Waals surface area contributed by atoms with Crippen molar-refractivity contribution in [3.63, 3.8) is 0 Å². The first-order chi connectivity index (χ1) is 14.1.